The molecule has 0 spiro atoms. The molecule has 214 valence electrons. The lowest BCUT2D eigenvalue weighted by Crippen LogP contribution is -2.29. The molecule has 8 nitrogen and oxygen atoms in total. The lowest BCUT2D eigenvalue weighted by molar-refractivity contribution is -0.132. The van der Waals surface area contributed by atoms with Crippen LogP contribution in [0.1, 0.15) is 50.6 Å². The van der Waals surface area contributed by atoms with Gasteiger partial charge in [0.2, 0.25) is 0 Å². The van der Waals surface area contributed by atoms with Gasteiger partial charge in [0.1, 0.15) is 23.0 Å². The number of aryl methyl sites for hydroxylation is 2. The van der Waals surface area contributed by atoms with E-state index in [-0.39, 0.29) is 27.9 Å². The number of esters is 1. The minimum Gasteiger partial charge on any atom is -0.507 e. The summed E-state index contributed by atoms with van der Waals surface area (Å²) in [6, 6.07) is 20.8. The molecule has 1 aliphatic heterocycles. The molecule has 4 aromatic rings. The zero-order valence-electron chi connectivity index (χ0n) is 23.1. The van der Waals surface area contributed by atoms with Crippen LogP contribution in [0.3, 0.4) is 0 Å². The van der Waals surface area contributed by atoms with Gasteiger partial charge in [-0.25, -0.2) is 9.78 Å². The molecule has 0 aliphatic carbocycles. The van der Waals surface area contributed by atoms with Gasteiger partial charge in [0.05, 0.1) is 23.9 Å². The lowest BCUT2D eigenvalue weighted by atomic mass is 9.95. The molecule has 1 atom stereocenters. The fourth-order valence-electron chi connectivity index (χ4n) is 4.69. The van der Waals surface area contributed by atoms with Crippen LogP contribution < -0.4 is 9.64 Å². The Kier molecular flexibility index (Phi) is 8.56. The topological polar surface area (TPSA) is 106 Å². The molecular weight excluding hydrogens is 620 g/mol. The van der Waals surface area contributed by atoms with Crippen LogP contribution in [0.15, 0.2) is 82.8 Å². The molecule has 0 bridgehead atoms. The normalized spacial score (nSPS) is 16.1. The molecule has 0 radical (unpaired) electrons. The zero-order valence-corrected chi connectivity index (χ0v) is 25.5. The van der Waals surface area contributed by atoms with Crippen molar-refractivity contribution in [2.24, 2.45) is 0 Å². The average Bonchev–Trinajstić information content (AvgIpc) is 3.49. The maximum absolute atomic E-state index is 13.5. The summed E-state index contributed by atoms with van der Waals surface area (Å²) in [5.41, 5.74) is 3.39. The quantitative estimate of drug-likeness (QED) is 0.0960. The summed E-state index contributed by atoms with van der Waals surface area (Å²) in [6.45, 7) is 5.92. The number of aliphatic hydroxyl groups excluding tert-OH is 1. The summed E-state index contributed by atoms with van der Waals surface area (Å²) < 4.78 is 11.8. The largest absolute Gasteiger partial charge is 0.507 e. The summed E-state index contributed by atoms with van der Waals surface area (Å²) in [5, 5.41) is 11.6. The van der Waals surface area contributed by atoms with E-state index in [0.717, 1.165) is 26.9 Å². The van der Waals surface area contributed by atoms with E-state index in [1.54, 1.807) is 56.3 Å². The molecule has 1 unspecified atom stereocenters. The van der Waals surface area contributed by atoms with Gasteiger partial charge >= 0.3 is 11.9 Å². The first-order valence-corrected chi connectivity index (χ1v) is 14.8. The Morgan fingerprint density at radius 3 is 2.48 bits per heavy atom. The number of carbonyl (C=O) groups excluding carboxylic acids is 3. The molecular formula is C32H27BrN2O6S. The van der Waals surface area contributed by atoms with Crippen molar-refractivity contribution in [3.63, 3.8) is 0 Å². The van der Waals surface area contributed by atoms with Gasteiger partial charge in [-0.1, -0.05) is 63.7 Å². The number of ether oxygens (including phenoxy) is 2. The first-order chi connectivity index (χ1) is 20.2. The van der Waals surface area contributed by atoms with Gasteiger partial charge in [0.15, 0.2) is 5.13 Å². The molecule has 5 rings (SSSR count). The SMILES string of the molecule is CCOC(=O)c1sc(N2C(=O)C(=O)/C(=C(/O)c3ccc(OCc4ccccc4C)cc3)C2c2cccc(Br)c2)nc1C. The Morgan fingerprint density at radius 1 is 1.05 bits per heavy atom. The monoisotopic (exact) mass is 646 g/mol. The maximum atomic E-state index is 13.5. The summed E-state index contributed by atoms with van der Waals surface area (Å²) >= 11 is 4.42. The van der Waals surface area contributed by atoms with E-state index >= 15 is 0 Å². The van der Waals surface area contributed by atoms with E-state index in [4.69, 9.17) is 9.47 Å². The van der Waals surface area contributed by atoms with Crippen LogP contribution in [-0.4, -0.2) is 34.4 Å². The van der Waals surface area contributed by atoms with E-state index in [0.29, 0.717) is 29.2 Å². The number of ketones is 1. The van der Waals surface area contributed by atoms with Crippen LogP contribution in [0.4, 0.5) is 5.13 Å². The van der Waals surface area contributed by atoms with Crippen molar-refractivity contribution >= 4 is 55.8 Å². The third-order valence-electron chi connectivity index (χ3n) is 6.84. The third kappa shape index (κ3) is 5.73. The van der Waals surface area contributed by atoms with Crippen molar-refractivity contribution < 1.29 is 29.0 Å². The van der Waals surface area contributed by atoms with Crippen LogP contribution in [-0.2, 0) is 20.9 Å². The Morgan fingerprint density at radius 2 is 1.79 bits per heavy atom. The standard InChI is InChI=1S/C32H27BrN2O6S/c1-4-40-31(39)29-19(3)34-32(42-29)35-26(21-10-7-11-23(33)16-21)25(28(37)30(35)38)27(36)20-12-14-24(15-13-20)41-17-22-9-6-5-8-18(22)2/h5-16,26,36H,4,17H2,1-3H3/b27-25+. The van der Waals surface area contributed by atoms with Crippen LogP contribution in [0.2, 0.25) is 0 Å². The zero-order chi connectivity index (χ0) is 30.0. The molecule has 1 fully saturated rings. The second-order valence-corrected chi connectivity index (χ2v) is 11.5. The highest BCUT2D eigenvalue weighted by atomic mass is 79.9. The number of hydrogen-bond donors (Lipinski definition) is 1. The average molecular weight is 648 g/mol. The number of nitrogens with zero attached hydrogens (tertiary/aromatic N) is 2. The molecule has 3 aromatic carbocycles. The summed E-state index contributed by atoms with van der Waals surface area (Å²) in [5.74, 6) is -2.01. The van der Waals surface area contributed by atoms with E-state index in [2.05, 4.69) is 20.9 Å². The van der Waals surface area contributed by atoms with Gasteiger partial charge in [-0.2, -0.15) is 0 Å². The predicted molar refractivity (Wildman–Crippen MR) is 164 cm³/mol. The first kappa shape index (κ1) is 29.2. The van der Waals surface area contributed by atoms with Crippen LogP contribution >= 0.6 is 27.3 Å². The number of Topliss-reactive ketones (excluding diaryl/α,β-unsaturated/α-hetero) is 1. The van der Waals surface area contributed by atoms with E-state index < -0.39 is 23.7 Å². The number of aromatic nitrogens is 1. The van der Waals surface area contributed by atoms with Crippen molar-refractivity contribution in [2.75, 3.05) is 11.5 Å². The van der Waals surface area contributed by atoms with Gasteiger partial charge in [-0.05, 0) is 73.9 Å². The van der Waals surface area contributed by atoms with E-state index in [1.165, 1.54) is 4.90 Å². The highest BCUT2D eigenvalue weighted by Gasteiger charge is 2.48. The minimum atomic E-state index is -0.986. The van der Waals surface area contributed by atoms with E-state index in [1.807, 2.05) is 37.3 Å². The Hall–Kier alpha value is -4.28. The number of rotatable bonds is 8. The van der Waals surface area contributed by atoms with Gasteiger partial charge in [-0.15, -0.1) is 0 Å². The Bertz CT molecular complexity index is 1710. The number of halogens is 1. The number of carbonyl (C=O) groups is 3. The number of hydrogen-bond acceptors (Lipinski definition) is 8. The molecule has 42 heavy (non-hydrogen) atoms. The second kappa shape index (κ2) is 12.3. The molecule has 1 N–H and O–H groups in total. The molecule has 10 heteroatoms. The molecule has 2 heterocycles. The molecule has 0 saturated carbocycles. The van der Waals surface area contributed by atoms with Gasteiger partial charge in [0.25, 0.3) is 5.78 Å². The fourth-order valence-corrected chi connectivity index (χ4v) is 6.10. The van der Waals surface area contributed by atoms with Gasteiger partial charge in [-0.3, -0.25) is 14.5 Å². The first-order valence-electron chi connectivity index (χ1n) is 13.2. The highest BCUT2D eigenvalue weighted by molar-refractivity contribution is 9.10. The predicted octanol–water partition coefficient (Wildman–Crippen LogP) is 6.90. The number of amides is 1. The number of benzene rings is 3. The summed E-state index contributed by atoms with van der Waals surface area (Å²) in [6.07, 6.45) is 0. The van der Waals surface area contributed by atoms with Crippen molar-refractivity contribution in [2.45, 2.75) is 33.4 Å². The van der Waals surface area contributed by atoms with E-state index in [9.17, 15) is 19.5 Å². The molecule has 1 amide bonds. The minimum absolute atomic E-state index is 0.0859. The second-order valence-electron chi connectivity index (χ2n) is 9.60. The van der Waals surface area contributed by atoms with Gasteiger partial charge in [0, 0.05) is 10.0 Å². The molecule has 1 aliphatic rings. The smallest absolute Gasteiger partial charge is 0.350 e. The maximum Gasteiger partial charge on any atom is 0.350 e. The summed E-state index contributed by atoms with van der Waals surface area (Å²) in [7, 11) is 0. The lowest BCUT2D eigenvalue weighted by Gasteiger charge is -2.23. The van der Waals surface area contributed by atoms with Gasteiger partial charge < -0.3 is 14.6 Å². The fraction of sp³-hybridized carbons (Fsp3) is 0.188. The van der Waals surface area contributed by atoms with Crippen molar-refractivity contribution in [1.82, 2.24) is 4.98 Å². The Balaban J connectivity index is 1.53. The number of aliphatic hydroxyl groups is 1. The molecule has 1 saturated heterocycles. The summed E-state index contributed by atoms with van der Waals surface area (Å²) in [4.78, 5) is 45.4. The number of thiazole rings is 1. The third-order valence-corrected chi connectivity index (χ3v) is 8.47. The van der Waals surface area contributed by atoms with Crippen molar-refractivity contribution in [3.05, 3.63) is 116 Å². The van der Waals surface area contributed by atoms with Crippen molar-refractivity contribution in [1.29, 1.82) is 0 Å². The van der Waals surface area contributed by atoms with Crippen LogP contribution in [0.25, 0.3) is 5.76 Å². The number of anilines is 1. The van der Waals surface area contributed by atoms with Crippen molar-refractivity contribution in [3.8, 4) is 5.75 Å². The Labute approximate surface area is 255 Å². The highest BCUT2D eigenvalue weighted by Crippen LogP contribution is 2.44. The molecule has 1 aromatic heterocycles. The van der Waals surface area contributed by atoms with Crippen LogP contribution in [0, 0.1) is 13.8 Å². The van der Waals surface area contributed by atoms with Crippen LogP contribution in [0.5, 0.6) is 5.75 Å².